The van der Waals surface area contributed by atoms with E-state index >= 15 is 0 Å². The van der Waals surface area contributed by atoms with Gasteiger partial charge in [-0.2, -0.15) is 8.42 Å². The summed E-state index contributed by atoms with van der Waals surface area (Å²) in [5.74, 6) is 0.189. The zero-order valence-electron chi connectivity index (χ0n) is 4.62. The molecule has 8 heavy (non-hydrogen) atoms. The van der Waals surface area contributed by atoms with E-state index in [1.165, 1.54) is 0 Å². The summed E-state index contributed by atoms with van der Waals surface area (Å²) >= 11 is 0. The van der Waals surface area contributed by atoms with Crippen molar-refractivity contribution in [3.05, 3.63) is 0 Å². The van der Waals surface area contributed by atoms with Crippen LogP contribution in [0.4, 0.5) is 0 Å². The Morgan fingerprint density at radius 1 is 1.62 bits per heavy atom. The fourth-order valence-corrected chi connectivity index (χ4v) is 1.97. The lowest BCUT2D eigenvalue weighted by molar-refractivity contribution is 0.258. The van der Waals surface area contributed by atoms with Crippen molar-refractivity contribution in [2.45, 2.75) is 19.4 Å². The zero-order valence-corrected chi connectivity index (χ0v) is 5.44. The summed E-state index contributed by atoms with van der Waals surface area (Å²) in [7, 11) is -3.10. The predicted molar refractivity (Wildman–Crippen MR) is 29.0 cm³/mol. The third kappa shape index (κ3) is 1.20. The smallest absolute Gasteiger partial charge is 0.267 e. The Labute approximate surface area is 48.8 Å². The lowest BCUT2D eigenvalue weighted by atomic mass is 10.3. The second-order valence-corrected chi connectivity index (χ2v) is 3.67. The first kappa shape index (κ1) is 6.04. The van der Waals surface area contributed by atoms with Crippen LogP contribution in [0.1, 0.15) is 13.3 Å². The largest absolute Gasteiger partial charge is 0.267 e. The van der Waals surface area contributed by atoms with Crippen molar-refractivity contribution in [1.82, 2.24) is 0 Å². The second-order valence-electron chi connectivity index (χ2n) is 1.96. The fraction of sp³-hybridized carbons (Fsp3) is 1.00. The maximum atomic E-state index is 10.4. The molecule has 0 aliphatic carbocycles. The van der Waals surface area contributed by atoms with Crippen molar-refractivity contribution in [3.8, 4) is 0 Å². The van der Waals surface area contributed by atoms with Gasteiger partial charge >= 0.3 is 0 Å². The van der Waals surface area contributed by atoms with Crippen LogP contribution in [0.15, 0.2) is 0 Å². The highest BCUT2D eigenvalue weighted by molar-refractivity contribution is 7.86. The molecule has 0 radical (unpaired) electrons. The maximum Gasteiger partial charge on any atom is 0.267 e. The standard InChI is InChI=1S/C4H8O3S/c1-4-2-3-8(5,6)7-4/h4H,2-3H2,1H3. The van der Waals surface area contributed by atoms with Crippen LogP contribution in [0, 0.1) is 0 Å². The number of hydrogen-bond donors (Lipinski definition) is 0. The molecule has 0 spiro atoms. The van der Waals surface area contributed by atoms with Crippen molar-refractivity contribution in [2.24, 2.45) is 0 Å². The van der Waals surface area contributed by atoms with Gasteiger partial charge in [0.05, 0.1) is 11.9 Å². The third-order valence-electron chi connectivity index (χ3n) is 1.09. The predicted octanol–water partition coefficient (Wildman–Crippen LogP) is 0.125. The lowest BCUT2D eigenvalue weighted by Crippen LogP contribution is -2.01. The van der Waals surface area contributed by atoms with Gasteiger partial charge in [-0.3, -0.25) is 4.18 Å². The van der Waals surface area contributed by atoms with Gasteiger partial charge in [-0.1, -0.05) is 0 Å². The Balaban J connectivity index is 2.71. The molecule has 1 heterocycles. The number of rotatable bonds is 0. The summed E-state index contributed by atoms with van der Waals surface area (Å²) in [6.07, 6.45) is 0.544. The highest BCUT2D eigenvalue weighted by atomic mass is 32.2. The molecule has 48 valence electrons. The highest BCUT2D eigenvalue weighted by Gasteiger charge is 2.24. The molecule has 1 aliphatic heterocycles. The molecular formula is C4H8O3S. The molecule has 0 bridgehead atoms. The van der Waals surface area contributed by atoms with E-state index in [0.717, 1.165) is 0 Å². The van der Waals surface area contributed by atoms with Gasteiger partial charge in [0.2, 0.25) is 0 Å². The Hall–Kier alpha value is -0.0900. The molecule has 3 nitrogen and oxygen atoms in total. The van der Waals surface area contributed by atoms with Crippen molar-refractivity contribution in [1.29, 1.82) is 0 Å². The molecule has 0 saturated carbocycles. The van der Waals surface area contributed by atoms with Crippen molar-refractivity contribution >= 4 is 10.1 Å². The monoisotopic (exact) mass is 136 g/mol. The normalized spacial score (nSPS) is 35.4. The van der Waals surface area contributed by atoms with Crippen LogP contribution >= 0.6 is 0 Å². The van der Waals surface area contributed by atoms with Gasteiger partial charge < -0.3 is 0 Å². The van der Waals surface area contributed by atoms with Gasteiger partial charge in [0.15, 0.2) is 0 Å². The molecule has 1 fully saturated rings. The summed E-state index contributed by atoms with van der Waals surface area (Å²) in [6.45, 7) is 1.75. The molecule has 1 saturated heterocycles. The molecule has 1 aliphatic rings. The average molecular weight is 136 g/mol. The van der Waals surface area contributed by atoms with Crippen molar-refractivity contribution in [2.75, 3.05) is 5.75 Å². The van der Waals surface area contributed by atoms with E-state index in [4.69, 9.17) is 0 Å². The Kier molecular flexibility index (Phi) is 1.28. The quantitative estimate of drug-likeness (QED) is 0.444. The summed E-state index contributed by atoms with van der Waals surface area (Å²) in [5.41, 5.74) is 0. The molecule has 1 unspecified atom stereocenters. The minimum absolute atomic E-state index is 0.0972. The SMILES string of the molecule is CC1CCS(=O)(=O)O1. The number of hydrogen-bond acceptors (Lipinski definition) is 3. The summed E-state index contributed by atoms with van der Waals surface area (Å²) in [4.78, 5) is 0. The van der Waals surface area contributed by atoms with Gasteiger partial charge in [-0.05, 0) is 13.3 Å². The summed E-state index contributed by atoms with van der Waals surface area (Å²) in [6, 6.07) is 0. The van der Waals surface area contributed by atoms with Crippen LogP contribution in [0.5, 0.6) is 0 Å². The van der Waals surface area contributed by atoms with Gasteiger partial charge in [0.25, 0.3) is 10.1 Å². The molecule has 4 heteroatoms. The molecule has 0 N–H and O–H groups in total. The van der Waals surface area contributed by atoms with Crippen molar-refractivity contribution in [3.63, 3.8) is 0 Å². The van der Waals surface area contributed by atoms with E-state index in [1.54, 1.807) is 6.92 Å². The summed E-state index contributed by atoms with van der Waals surface area (Å²) in [5, 5.41) is 0. The van der Waals surface area contributed by atoms with Crippen LogP contribution in [-0.2, 0) is 14.3 Å². The fourth-order valence-electron chi connectivity index (χ4n) is 0.657. The van der Waals surface area contributed by atoms with Crippen LogP contribution < -0.4 is 0 Å². The molecule has 1 atom stereocenters. The molecule has 0 amide bonds. The first-order chi connectivity index (χ1) is 3.60. The van der Waals surface area contributed by atoms with Gasteiger partial charge in [-0.25, -0.2) is 0 Å². The van der Waals surface area contributed by atoms with Gasteiger partial charge in [0.1, 0.15) is 0 Å². The second kappa shape index (κ2) is 1.70. The van der Waals surface area contributed by atoms with Gasteiger partial charge in [0, 0.05) is 0 Å². The Morgan fingerprint density at radius 3 is 2.38 bits per heavy atom. The molecule has 0 aromatic rings. The minimum atomic E-state index is -3.10. The topological polar surface area (TPSA) is 43.4 Å². The third-order valence-corrected chi connectivity index (χ3v) is 2.44. The summed E-state index contributed by atoms with van der Waals surface area (Å²) < 4.78 is 25.4. The van der Waals surface area contributed by atoms with Crippen molar-refractivity contribution < 1.29 is 12.6 Å². The van der Waals surface area contributed by atoms with E-state index in [9.17, 15) is 8.42 Å². The van der Waals surface area contributed by atoms with Crippen LogP contribution in [-0.4, -0.2) is 20.3 Å². The van der Waals surface area contributed by atoms with E-state index in [1.807, 2.05) is 0 Å². The van der Waals surface area contributed by atoms with Crippen LogP contribution in [0.3, 0.4) is 0 Å². The molecular weight excluding hydrogens is 128 g/mol. The van der Waals surface area contributed by atoms with E-state index in [-0.39, 0.29) is 11.9 Å². The molecule has 0 aromatic carbocycles. The molecule has 1 rings (SSSR count). The molecule has 0 aromatic heterocycles. The van der Waals surface area contributed by atoms with Crippen LogP contribution in [0.2, 0.25) is 0 Å². The first-order valence-electron chi connectivity index (χ1n) is 2.51. The Bertz CT molecular complexity index is 170. The van der Waals surface area contributed by atoms with Gasteiger partial charge in [-0.15, -0.1) is 0 Å². The van der Waals surface area contributed by atoms with E-state index < -0.39 is 10.1 Å². The highest BCUT2D eigenvalue weighted by Crippen LogP contribution is 2.13. The van der Waals surface area contributed by atoms with E-state index in [0.29, 0.717) is 6.42 Å². The average Bonchev–Trinajstić information content (AvgIpc) is 1.82. The first-order valence-corrected chi connectivity index (χ1v) is 4.09. The Morgan fingerprint density at radius 2 is 2.25 bits per heavy atom. The zero-order chi connectivity index (χ0) is 6.20. The lowest BCUT2D eigenvalue weighted by Gasteiger charge is -1.93. The van der Waals surface area contributed by atoms with E-state index in [2.05, 4.69) is 4.18 Å². The maximum absolute atomic E-state index is 10.4. The minimum Gasteiger partial charge on any atom is -0.267 e. The van der Waals surface area contributed by atoms with Crippen LogP contribution in [0.25, 0.3) is 0 Å².